The Morgan fingerprint density at radius 1 is 1.15 bits per heavy atom. The fourth-order valence-corrected chi connectivity index (χ4v) is 4.94. The number of hydrogen-bond donors (Lipinski definition) is 1. The van der Waals surface area contributed by atoms with Gasteiger partial charge in [0.25, 0.3) is 0 Å². The van der Waals surface area contributed by atoms with Crippen LogP contribution in [-0.4, -0.2) is 45.1 Å². The largest absolute Gasteiger partial charge is 0.383 e. The molecule has 4 rings (SSSR count). The minimum absolute atomic E-state index is 0.0641. The summed E-state index contributed by atoms with van der Waals surface area (Å²) in [4.78, 5) is 18.1. The standard InChI is InChI=1S/C24H25N5O2S2/c1-17-5-7-18(8-6-17)22(20-4-3-15-32-20)26-21(30)16-33-24-28-27-23(29(24)13-14-31-2)19-9-11-25-12-10-19/h3-12,15,22H,13-14,16H2,1-2H3,(H,26,30). The second kappa shape index (κ2) is 11.2. The minimum atomic E-state index is -0.183. The fraction of sp³-hybridized carbons (Fsp3) is 0.250. The van der Waals surface area contributed by atoms with Crippen LogP contribution in [0, 0.1) is 6.92 Å². The third-order valence-corrected chi connectivity index (χ3v) is 6.95. The molecule has 0 saturated carbocycles. The van der Waals surface area contributed by atoms with E-state index in [2.05, 4.69) is 51.7 Å². The van der Waals surface area contributed by atoms with Gasteiger partial charge in [0, 0.05) is 29.9 Å². The maximum Gasteiger partial charge on any atom is 0.231 e. The molecule has 0 saturated heterocycles. The van der Waals surface area contributed by atoms with E-state index in [4.69, 9.17) is 4.74 Å². The van der Waals surface area contributed by atoms with Crippen molar-refractivity contribution in [2.75, 3.05) is 19.5 Å². The number of thiophene rings is 1. The number of aryl methyl sites for hydroxylation is 1. The van der Waals surface area contributed by atoms with Crippen molar-refractivity contribution >= 4 is 29.0 Å². The van der Waals surface area contributed by atoms with Gasteiger partial charge in [-0.15, -0.1) is 21.5 Å². The van der Waals surface area contributed by atoms with Gasteiger partial charge in [-0.1, -0.05) is 47.7 Å². The first-order valence-electron chi connectivity index (χ1n) is 10.5. The molecule has 0 radical (unpaired) electrons. The van der Waals surface area contributed by atoms with Crippen LogP contribution in [0.4, 0.5) is 0 Å². The van der Waals surface area contributed by atoms with E-state index < -0.39 is 0 Å². The molecule has 1 atom stereocenters. The normalized spacial score (nSPS) is 11.9. The molecule has 170 valence electrons. The average Bonchev–Trinajstić information content (AvgIpc) is 3.51. The molecule has 0 spiro atoms. The van der Waals surface area contributed by atoms with Crippen LogP contribution < -0.4 is 5.32 Å². The molecular weight excluding hydrogens is 454 g/mol. The zero-order valence-corrected chi connectivity index (χ0v) is 20.1. The summed E-state index contributed by atoms with van der Waals surface area (Å²) in [7, 11) is 1.66. The number of hydrogen-bond acceptors (Lipinski definition) is 7. The van der Waals surface area contributed by atoms with E-state index in [0.29, 0.717) is 18.3 Å². The highest BCUT2D eigenvalue weighted by Gasteiger charge is 2.20. The van der Waals surface area contributed by atoms with Crippen LogP contribution in [0.5, 0.6) is 0 Å². The molecular formula is C24H25N5O2S2. The molecule has 33 heavy (non-hydrogen) atoms. The van der Waals surface area contributed by atoms with Crippen molar-refractivity contribution in [3.8, 4) is 11.4 Å². The van der Waals surface area contributed by atoms with Crippen LogP contribution in [0.2, 0.25) is 0 Å². The Kier molecular flexibility index (Phi) is 7.87. The second-order valence-corrected chi connectivity index (χ2v) is 9.32. The smallest absolute Gasteiger partial charge is 0.231 e. The summed E-state index contributed by atoms with van der Waals surface area (Å²) >= 11 is 3.00. The minimum Gasteiger partial charge on any atom is -0.383 e. The Balaban J connectivity index is 1.48. The molecule has 0 aliphatic rings. The number of amides is 1. The first-order chi connectivity index (χ1) is 16.2. The van der Waals surface area contributed by atoms with Crippen LogP contribution in [0.25, 0.3) is 11.4 Å². The molecule has 3 aromatic heterocycles. The first-order valence-corrected chi connectivity index (χ1v) is 12.4. The van der Waals surface area contributed by atoms with Gasteiger partial charge in [0.15, 0.2) is 11.0 Å². The van der Waals surface area contributed by atoms with E-state index in [1.165, 1.54) is 17.3 Å². The Bertz CT molecular complexity index is 1160. The van der Waals surface area contributed by atoms with Gasteiger partial charge < -0.3 is 10.1 Å². The van der Waals surface area contributed by atoms with Crippen molar-refractivity contribution in [3.05, 3.63) is 82.3 Å². The van der Waals surface area contributed by atoms with E-state index in [9.17, 15) is 4.79 Å². The van der Waals surface area contributed by atoms with Gasteiger partial charge in [-0.2, -0.15) is 0 Å². The number of methoxy groups -OCH3 is 1. The van der Waals surface area contributed by atoms with Crippen molar-refractivity contribution in [3.63, 3.8) is 0 Å². The molecule has 0 fully saturated rings. The highest BCUT2D eigenvalue weighted by Crippen LogP contribution is 2.27. The zero-order valence-electron chi connectivity index (χ0n) is 18.5. The molecule has 0 aliphatic carbocycles. The van der Waals surface area contributed by atoms with Crippen LogP contribution in [-0.2, 0) is 16.1 Å². The van der Waals surface area contributed by atoms with Crippen molar-refractivity contribution in [1.29, 1.82) is 0 Å². The van der Waals surface area contributed by atoms with Gasteiger partial charge in [-0.05, 0) is 36.1 Å². The summed E-state index contributed by atoms with van der Waals surface area (Å²) in [6, 6.07) is 15.9. The van der Waals surface area contributed by atoms with Crippen LogP contribution in [0.3, 0.4) is 0 Å². The lowest BCUT2D eigenvalue weighted by Gasteiger charge is -2.18. The number of nitrogens with one attached hydrogen (secondary N) is 1. The highest BCUT2D eigenvalue weighted by atomic mass is 32.2. The summed E-state index contributed by atoms with van der Waals surface area (Å²) < 4.78 is 7.24. The number of ether oxygens (including phenoxy) is 1. The number of carbonyl (C=O) groups excluding carboxylic acids is 1. The topological polar surface area (TPSA) is 81.9 Å². The molecule has 1 amide bonds. The quantitative estimate of drug-likeness (QED) is 0.341. The van der Waals surface area contributed by atoms with E-state index in [1.807, 2.05) is 34.2 Å². The van der Waals surface area contributed by atoms with Crippen LogP contribution in [0.15, 0.2) is 71.5 Å². The molecule has 1 aromatic carbocycles. The number of benzene rings is 1. The Labute approximate surface area is 201 Å². The predicted octanol–water partition coefficient (Wildman–Crippen LogP) is 4.35. The van der Waals surface area contributed by atoms with E-state index in [0.717, 1.165) is 21.8 Å². The summed E-state index contributed by atoms with van der Waals surface area (Å²) in [5, 5.41) is 14.6. The van der Waals surface area contributed by atoms with E-state index in [-0.39, 0.29) is 17.7 Å². The van der Waals surface area contributed by atoms with Gasteiger partial charge in [0.1, 0.15) is 0 Å². The summed E-state index contributed by atoms with van der Waals surface area (Å²) in [6.45, 7) is 3.16. The third kappa shape index (κ3) is 5.87. The number of pyridine rings is 1. The summed E-state index contributed by atoms with van der Waals surface area (Å²) in [5.41, 5.74) is 3.16. The lowest BCUT2D eigenvalue weighted by atomic mass is 10.0. The Morgan fingerprint density at radius 2 is 1.94 bits per heavy atom. The van der Waals surface area contributed by atoms with E-state index >= 15 is 0 Å². The molecule has 0 aliphatic heterocycles. The van der Waals surface area contributed by atoms with Crippen molar-refractivity contribution in [1.82, 2.24) is 25.1 Å². The monoisotopic (exact) mass is 479 g/mol. The first kappa shape index (κ1) is 23.2. The maximum atomic E-state index is 12.9. The zero-order chi connectivity index (χ0) is 23.0. The molecule has 4 aromatic rings. The van der Waals surface area contributed by atoms with Gasteiger partial charge in [-0.25, -0.2) is 0 Å². The molecule has 3 heterocycles. The summed E-state index contributed by atoms with van der Waals surface area (Å²) in [6.07, 6.45) is 3.45. The Hall–Kier alpha value is -3.01. The average molecular weight is 480 g/mol. The molecule has 0 bridgehead atoms. The third-order valence-electron chi connectivity index (χ3n) is 5.05. The van der Waals surface area contributed by atoms with Crippen LogP contribution in [0.1, 0.15) is 22.0 Å². The molecule has 7 nitrogen and oxygen atoms in total. The fourth-order valence-electron chi connectivity index (χ4n) is 3.36. The number of nitrogens with zero attached hydrogens (tertiary/aromatic N) is 4. The van der Waals surface area contributed by atoms with Gasteiger partial charge >= 0.3 is 0 Å². The lowest BCUT2D eigenvalue weighted by molar-refractivity contribution is -0.119. The summed E-state index contributed by atoms with van der Waals surface area (Å²) in [5.74, 6) is 0.897. The maximum absolute atomic E-state index is 12.9. The molecule has 1 N–H and O–H groups in total. The number of thioether (sulfide) groups is 1. The second-order valence-electron chi connectivity index (χ2n) is 7.40. The van der Waals surface area contributed by atoms with Gasteiger partial charge in [0.2, 0.25) is 5.91 Å². The molecule has 1 unspecified atom stereocenters. The van der Waals surface area contributed by atoms with Gasteiger partial charge in [0.05, 0.1) is 24.9 Å². The van der Waals surface area contributed by atoms with Crippen LogP contribution >= 0.6 is 23.1 Å². The Morgan fingerprint density at radius 3 is 2.64 bits per heavy atom. The number of aromatic nitrogens is 4. The predicted molar refractivity (Wildman–Crippen MR) is 131 cm³/mol. The van der Waals surface area contributed by atoms with Crippen molar-refractivity contribution in [2.24, 2.45) is 0 Å². The SMILES string of the molecule is COCCn1c(SCC(=O)NC(c2ccc(C)cc2)c2cccs2)nnc1-c1ccncc1. The van der Waals surface area contributed by atoms with Crippen molar-refractivity contribution < 1.29 is 9.53 Å². The number of rotatable bonds is 10. The van der Waals surface area contributed by atoms with Gasteiger partial charge in [-0.3, -0.25) is 14.3 Å². The highest BCUT2D eigenvalue weighted by molar-refractivity contribution is 7.99. The van der Waals surface area contributed by atoms with E-state index in [1.54, 1.807) is 30.8 Å². The lowest BCUT2D eigenvalue weighted by Crippen LogP contribution is -2.30. The molecule has 9 heteroatoms. The van der Waals surface area contributed by atoms with Crippen molar-refractivity contribution in [2.45, 2.75) is 24.7 Å². The number of carbonyl (C=O) groups is 1.